The van der Waals surface area contributed by atoms with Crippen LogP contribution in [0, 0.1) is 12.9 Å². The van der Waals surface area contributed by atoms with Crippen LogP contribution in [0.3, 0.4) is 0 Å². The fourth-order valence-electron chi connectivity index (χ4n) is 2.97. The molecule has 0 unspecified atom stereocenters. The Bertz CT molecular complexity index is 941. The summed E-state index contributed by atoms with van der Waals surface area (Å²) in [5.41, 5.74) is -3.55. The van der Waals surface area contributed by atoms with E-state index in [-0.39, 0.29) is 16.8 Å². The summed E-state index contributed by atoms with van der Waals surface area (Å²) in [6.07, 6.45) is -9.46. The molecule has 0 aliphatic rings. The maximum atomic E-state index is 14.4. The van der Waals surface area contributed by atoms with Gasteiger partial charge in [-0.1, -0.05) is 36.4 Å². The lowest BCUT2D eigenvalue weighted by molar-refractivity contribution is -0.137. The molecule has 3 rings (SSSR count). The molecule has 3 aromatic rings. The van der Waals surface area contributed by atoms with Crippen LogP contribution in [0.15, 0.2) is 54.6 Å². The van der Waals surface area contributed by atoms with E-state index in [2.05, 4.69) is 4.98 Å². The van der Waals surface area contributed by atoms with Crippen molar-refractivity contribution >= 4 is 0 Å². The van der Waals surface area contributed by atoms with Gasteiger partial charge in [0.15, 0.2) is 0 Å². The van der Waals surface area contributed by atoms with Gasteiger partial charge in [0.25, 0.3) is 0 Å². The zero-order chi connectivity index (χ0) is 20.7. The number of hydrogen-bond acceptors (Lipinski definition) is 1. The van der Waals surface area contributed by atoms with Crippen LogP contribution < -0.4 is 0 Å². The average molecular weight is 399 g/mol. The molecule has 0 spiro atoms. The second-order valence-electron chi connectivity index (χ2n) is 6.05. The molecule has 8 heteroatoms. The Morgan fingerprint density at radius 2 is 1.07 bits per heavy atom. The molecule has 0 aliphatic carbocycles. The molecule has 28 heavy (non-hydrogen) atoms. The minimum Gasteiger partial charge on any atom is -0.224 e. The lowest BCUT2D eigenvalue weighted by Crippen LogP contribution is -2.09. The monoisotopic (exact) mass is 399 g/mol. The summed E-state index contributed by atoms with van der Waals surface area (Å²) in [4.78, 5) is 3.57. The van der Waals surface area contributed by atoms with Gasteiger partial charge in [-0.05, 0) is 36.2 Å². The first-order valence-corrected chi connectivity index (χ1v) is 8.00. The molecule has 0 amide bonds. The fraction of sp³-hybridized carbons (Fsp3) is 0.150. The maximum absolute atomic E-state index is 14.4. The highest BCUT2D eigenvalue weighted by molar-refractivity contribution is 5.77. The van der Waals surface area contributed by atoms with Gasteiger partial charge < -0.3 is 0 Å². The Balaban J connectivity index is 2.29. The topological polar surface area (TPSA) is 12.9 Å². The van der Waals surface area contributed by atoms with Crippen LogP contribution in [0.4, 0.5) is 30.7 Å². The summed E-state index contributed by atoms with van der Waals surface area (Å²) in [7, 11) is 0. The second kappa shape index (κ2) is 6.92. The van der Waals surface area contributed by atoms with E-state index in [0.29, 0.717) is 0 Å². The van der Waals surface area contributed by atoms with E-state index in [1.807, 2.05) is 0 Å². The minimum atomic E-state index is -4.77. The third-order valence-electron chi connectivity index (χ3n) is 4.21. The van der Waals surface area contributed by atoms with Crippen molar-refractivity contribution in [1.82, 2.24) is 4.98 Å². The highest BCUT2D eigenvalue weighted by atomic mass is 19.4. The van der Waals surface area contributed by atoms with Crippen LogP contribution >= 0.6 is 0 Å². The summed E-state index contributed by atoms with van der Waals surface area (Å²) in [6, 6.07) is 9.81. The molecule has 0 atom stereocenters. The Morgan fingerprint density at radius 1 is 0.643 bits per heavy atom. The number of nitrogens with zero attached hydrogens (tertiary/aromatic N) is 1. The largest absolute Gasteiger partial charge is 0.417 e. The number of halogens is 7. The van der Waals surface area contributed by atoms with Crippen LogP contribution in [0.1, 0.15) is 16.8 Å². The first kappa shape index (κ1) is 19.9. The van der Waals surface area contributed by atoms with Gasteiger partial charge in [0.2, 0.25) is 5.95 Å². The van der Waals surface area contributed by atoms with Crippen LogP contribution in [0.25, 0.3) is 22.3 Å². The van der Waals surface area contributed by atoms with E-state index in [1.54, 1.807) is 0 Å². The molecule has 0 bridgehead atoms. The number of pyridine rings is 1. The van der Waals surface area contributed by atoms with Crippen LogP contribution in [-0.4, -0.2) is 4.98 Å². The Hall–Kier alpha value is -2.90. The maximum Gasteiger partial charge on any atom is 0.417 e. The molecular weight excluding hydrogens is 387 g/mol. The molecule has 0 aliphatic heterocycles. The SMILES string of the molecule is Cc1nc(F)c(-c2ccccc2C(F)(F)F)cc1-c1ccccc1C(F)(F)F. The molecule has 146 valence electrons. The molecule has 1 aromatic heterocycles. The predicted molar refractivity (Wildman–Crippen MR) is 89.8 cm³/mol. The van der Waals surface area contributed by atoms with Gasteiger partial charge >= 0.3 is 12.4 Å². The summed E-state index contributed by atoms with van der Waals surface area (Å²) in [5, 5.41) is 0. The zero-order valence-corrected chi connectivity index (χ0v) is 14.3. The van der Waals surface area contributed by atoms with Crippen molar-refractivity contribution < 1.29 is 30.7 Å². The summed E-state index contributed by atoms with van der Waals surface area (Å²) < 4.78 is 94.4. The van der Waals surface area contributed by atoms with E-state index in [1.165, 1.54) is 31.2 Å². The summed E-state index contributed by atoms with van der Waals surface area (Å²) in [5.74, 6) is -1.19. The third kappa shape index (κ3) is 3.72. The molecule has 0 N–H and O–H groups in total. The molecule has 1 heterocycles. The normalized spacial score (nSPS) is 12.3. The molecular formula is C20H12F7N. The van der Waals surface area contributed by atoms with Crippen molar-refractivity contribution in [3.63, 3.8) is 0 Å². The summed E-state index contributed by atoms with van der Waals surface area (Å²) >= 11 is 0. The zero-order valence-electron chi connectivity index (χ0n) is 14.3. The molecule has 0 fully saturated rings. The van der Waals surface area contributed by atoms with Gasteiger partial charge in [0, 0.05) is 16.8 Å². The number of alkyl halides is 6. The molecule has 0 saturated heterocycles. The van der Waals surface area contributed by atoms with Gasteiger partial charge in [-0.25, -0.2) is 4.98 Å². The van der Waals surface area contributed by atoms with Gasteiger partial charge in [-0.15, -0.1) is 0 Å². The number of rotatable bonds is 2. The molecule has 0 radical (unpaired) electrons. The van der Waals surface area contributed by atoms with Crippen molar-refractivity contribution in [3.05, 3.63) is 77.4 Å². The van der Waals surface area contributed by atoms with E-state index < -0.39 is 40.6 Å². The standard InChI is InChI=1S/C20H12F7N/c1-11-14(12-6-2-4-8-16(12)19(22,23)24)10-15(18(21)28-11)13-7-3-5-9-17(13)20(25,26)27/h2-10H,1H3. The van der Waals surface area contributed by atoms with Crippen LogP contribution in [0.2, 0.25) is 0 Å². The van der Waals surface area contributed by atoms with Gasteiger partial charge in [0.05, 0.1) is 11.1 Å². The molecule has 1 nitrogen and oxygen atoms in total. The number of hydrogen-bond donors (Lipinski definition) is 0. The van der Waals surface area contributed by atoms with E-state index in [9.17, 15) is 30.7 Å². The number of aryl methyl sites for hydroxylation is 1. The first-order valence-electron chi connectivity index (χ1n) is 8.00. The number of benzene rings is 2. The fourth-order valence-corrected chi connectivity index (χ4v) is 2.97. The highest BCUT2D eigenvalue weighted by Crippen LogP contribution is 2.41. The van der Waals surface area contributed by atoms with Crippen molar-refractivity contribution in [2.45, 2.75) is 19.3 Å². The quantitative estimate of drug-likeness (QED) is 0.337. The van der Waals surface area contributed by atoms with Crippen LogP contribution in [0.5, 0.6) is 0 Å². The second-order valence-corrected chi connectivity index (χ2v) is 6.05. The Kier molecular flexibility index (Phi) is 4.91. The Morgan fingerprint density at radius 3 is 1.54 bits per heavy atom. The third-order valence-corrected chi connectivity index (χ3v) is 4.21. The van der Waals surface area contributed by atoms with Gasteiger partial charge in [-0.2, -0.15) is 30.7 Å². The summed E-state index contributed by atoms with van der Waals surface area (Å²) in [6.45, 7) is 1.30. The van der Waals surface area contributed by atoms with Crippen LogP contribution in [-0.2, 0) is 12.4 Å². The van der Waals surface area contributed by atoms with Crippen molar-refractivity contribution in [3.8, 4) is 22.3 Å². The Labute approximate surface area is 155 Å². The molecule has 2 aromatic carbocycles. The predicted octanol–water partition coefficient (Wildman–Crippen LogP) is 6.90. The van der Waals surface area contributed by atoms with E-state index in [0.717, 1.165) is 30.3 Å². The lowest BCUT2D eigenvalue weighted by Gasteiger charge is -2.17. The van der Waals surface area contributed by atoms with Gasteiger partial charge in [0.1, 0.15) is 0 Å². The van der Waals surface area contributed by atoms with Crippen molar-refractivity contribution in [2.24, 2.45) is 0 Å². The van der Waals surface area contributed by atoms with E-state index >= 15 is 0 Å². The van der Waals surface area contributed by atoms with Crippen molar-refractivity contribution in [2.75, 3.05) is 0 Å². The average Bonchev–Trinajstić information content (AvgIpc) is 2.60. The number of aromatic nitrogens is 1. The smallest absolute Gasteiger partial charge is 0.224 e. The van der Waals surface area contributed by atoms with Crippen molar-refractivity contribution in [1.29, 1.82) is 0 Å². The highest BCUT2D eigenvalue weighted by Gasteiger charge is 2.36. The van der Waals surface area contributed by atoms with E-state index in [4.69, 9.17) is 0 Å². The lowest BCUT2D eigenvalue weighted by atomic mass is 9.93. The minimum absolute atomic E-state index is 0.0672. The molecule has 0 saturated carbocycles. The first-order chi connectivity index (χ1) is 13.0. The van der Waals surface area contributed by atoms with Gasteiger partial charge in [-0.3, -0.25) is 0 Å².